The predicted molar refractivity (Wildman–Crippen MR) is 81.3 cm³/mol. The van der Waals surface area contributed by atoms with Gasteiger partial charge in [0.05, 0.1) is 15.2 Å². The lowest BCUT2D eigenvalue weighted by atomic mass is 10.3. The first kappa shape index (κ1) is 14.5. The van der Waals surface area contributed by atoms with E-state index in [2.05, 4.69) is 25.6 Å². The Labute approximate surface area is 125 Å². The molecule has 0 atom stereocenters. The van der Waals surface area contributed by atoms with Crippen LogP contribution in [0.3, 0.4) is 0 Å². The lowest BCUT2D eigenvalue weighted by Crippen LogP contribution is -2.14. The number of nitrogens with one attached hydrogen (secondary N) is 1. The van der Waals surface area contributed by atoms with E-state index >= 15 is 0 Å². The molecule has 2 aromatic rings. The Morgan fingerprint density at radius 2 is 1.95 bits per heavy atom. The van der Waals surface area contributed by atoms with Gasteiger partial charge in [-0.05, 0) is 54.9 Å². The van der Waals surface area contributed by atoms with Crippen LogP contribution >= 0.6 is 27.3 Å². The second kappa shape index (κ2) is 5.22. The van der Waals surface area contributed by atoms with E-state index < -0.39 is 10.0 Å². The van der Waals surface area contributed by atoms with Crippen molar-refractivity contribution in [3.05, 3.63) is 38.3 Å². The standard InChI is InChI=1S/C12H13BrN2O2S2/c1-7-4-5-10(8(2)14-7)15-19(16,17)11-6-12(13)18-9(11)3/h4-6,15H,1-3H3. The zero-order chi connectivity index (χ0) is 14.2. The molecule has 0 aliphatic rings. The maximum absolute atomic E-state index is 12.3. The Balaban J connectivity index is 2.39. The van der Waals surface area contributed by atoms with Gasteiger partial charge >= 0.3 is 0 Å². The average Bonchev–Trinajstić information content (AvgIpc) is 2.63. The first-order valence-electron chi connectivity index (χ1n) is 5.52. The lowest BCUT2D eigenvalue weighted by molar-refractivity contribution is 0.601. The molecule has 0 aliphatic heterocycles. The third-order valence-electron chi connectivity index (χ3n) is 2.60. The zero-order valence-corrected chi connectivity index (χ0v) is 13.9. The number of hydrogen-bond donors (Lipinski definition) is 1. The van der Waals surface area contributed by atoms with E-state index in [9.17, 15) is 8.42 Å². The van der Waals surface area contributed by atoms with Gasteiger partial charge in [0.1, 0.15) is 4.90 Å². The number of halogens is 1. The topological polar surface area (TPSA) is 59.1 Å². The van der Waals surface area contributed by atoms with E-state index in [-0.39, 0.29) is 0 Å². The van der Waals surface area contributed by atoms with Crippen molar-refractivity contribution >= 4 is 43.0 Å². The SMILES string of the molecule is Cc1ccc(NS(=O)(=O)c2cc(Br)sc2C)c(C)n1. The summed E-state index contributed by atoms with van der Waals surface area (Å²) in [5.41, 5.74) is 2.03. The highest BCUT2D eigenvalue weighted by Gasteiger charge is 2.20. The molecule has 102 valence electrons. The molecule has 0 unspecified atom stereocenters. The van der Waals surface area contributed by atoms with Gasteiger partial charge in [0.2, 0.25) is 0 Å². The highest BCUT2D eigenvalue weighted by atomic mass is 79.9. The van der Waals surface area contributed by atoms with Gasteiger partial charge in [-0.1, -0.05) is 0 Å². The molecule has 2 heterocycles. The van der Waals surface area contributed by atoms with E-state index in [1.165, 1.54) is 11.3 Å². The van der Waals surface area contributed by atoms with E-state index in [1.807, 2.05) is 6.92 Å². The number of anilines is 1. The van der Waals surface area contributed by atoms with Gasteiger partial charge in [0, 0.05) is 10.6 Å². The average molecular weight is 361 g/mol. The van der Waals surface area contributed by atoms with Crippen LogP contribution in [0, 0.1) is 20.8 Å². The Morgan fingerprint density at radius 3 is 2.47 bits per heavy atom. The van der Waals surface area contributed by atoms with Crippen molar-refractivity contribution in [2.24, 2.45) is 0 Å². The summed E-state index contributed by atoms with van der Waals surface area (Å²) < 4.78 is 28.0. The van der Waals surface area contributed by atoms with Crippen molar-refractivity contribution in [1.82, 2.24) is 4.98 Å². The summed E-state index contributed by atoms with van der Waals surface area (Å²) in [4.78, 5) is 5.29. The van der Waals surface area contributed by atoms with Crippen LogP contribution in [0.4, 0.5) is 5.69 Å². The summed E-state index contributed by atoms with van der Waals surface area (Å²) in [6, 6.07) is 5.12. The molecule has 0 amide bonds. The molecule has 0 spiro atoms. The van der Waals surface area contributed by atoms with E-state index in [4.69, 9.17) is 0 Å². The van der Waals surface area contributed by atoms with Crippen molar-refractivity contribution in [3.8, 4) is 0 Å². The molecule has 1 N–H and O–H groups in total. The Morgan fingerprint density at radius 1 is 1.26 bits per heavy atom. The summed E-state index contributed by atoms with van der Waals surface area (Å²) in [6.45, 7) is 5.43. The van der Waals surface area contributed by atoms with Gasteiger partial charge in [-0.15, -0.1) is 11.3 Å². The maximum Gasteiger partial charge on any atom is 0.263 e. The number of pyridine rings is 1. The second-order valence-electron chi connectivity index (χ2n) is 4.16. The van der Waals surface area contributed by atoms with Crippen LogP contribution in [-0.4, -0.2) is 13.4 Å². The van der Waals surface area contributed by atoms with Crippen LogP contribution in [0.15, 0.2) is 26.9 Å². The number of nitrogens with zero attached hydrogens (tertiary/aromatic N) is 1. The van der Waals surface area contributed by atoms with Gasteiger partial charge in [-0.25, -0.2) is 8.42 Å². The quantitative estimate of drug-likeness (QED) is 0.908. The molecule has 2 aromatic heterocycles. The fourth-order valence-electron chi connectivity index (χ4n) is 1.69. The van der Waals surface area contributed by atoms with Gasteiger partial charge in [-0.3, -0.25) is 9.71 Å². The molecule has 4 nitrogen and oxygen atoms in total. The van der Waals surface area contributed by atoms with Gasteiger partial charge in [0.25, 0.3) is 10.0 Å². The van der Waals surface area contributed by atoms with Crippen molar-refractivity contribution in [2.45, 2.75) is 25.7 Å². The summed E-state index contributed by atoms with van der Waals surface area (Å²) in [7, 11) is -3.57. The molecule has 0 fully saturated rings. The first-order chi connectivity index (χ1) is 8.79. The van der Waals surface area contributed by atoms with Gasteiger partial charge in [0.15, 0.2) is 0 Å². The molecule has 0 aliphatic carbocycles. The van der Waals surface area contributed by atoms with Crippen molar-refractivity contribution < 1.29 is 8.42 Å². The van der Waals surface area contributed by atoms with Crippen LogP contribution in [0.2, 0.25) is 0 Å². The predicted octanol–water partition coefficient (Wildman–Crippen LogP) is 3.63. The van der Waals surface area contributed by atoms with Gasteiger partial charge < -0.3 is 0 Å². The third-order valence-corrected chi connectivity index (χ3v) is 5.78. The van der Waals surface area contributed by atoms with Gasteiger partial charge in [-0.2, -0.15) is 0 Å². The maximum atomic E-state index is 12.3. The summed E-state index contributed by atoms with van der Waals surface area (Å²) >= 11 is 4.69. The molecule has 0 aromatic carbocycles. The van der Waals surface area contributed by atoms with Crippen LogP contribution in [-0.2, 0) is 10.0 Å². The number of aromatic nitrogens is 1. The largest absolute Gasteiger partial charge is 0.278 e. The number of aryl methyl sites for hydroxylation is 3. The summed E-state index contributed by atoms with van der Waals surface area (Å²) in [6.07, 6.45) is 0. The minimum absolute atomic E-state index is 0.296. The molecule has 0 radical (unpaired) electrons. The van der Waals surface area contributed by atoms with Crippen LogP contribution in [0.1, 0.15) is 16.3 Å². The number of rotatable bonds is 3. The molecule has 7 heteroatoms. The van der Waals surface area contributed by atoms with Crippen molar-refractivity contribution in [2.75, 3.05) is 4.72 Å². The summed E-state index contributed by atoms with van der Waals surface area (Å²) in [5, 5.41) is 0. The fourth-order valence-corrected chi connectivity index (χ4v) is 5.22. The molecular weight excluding hydrogens is 348 g/mol. The second-order valence-corrected chi connectivity index (χ2v) is 8.45. The van der Waals surface area contributed by atoms with Crippen LogP contribution < -0.4 is 4.72 Å². The minimum Gasteiger partial charge on any atom is -0.278 e. The highest BCUT2D eigenvalue weighted by molar-refractivity contribution is 9.11. The molecule has 19 heavy (non-hydrogen) atoms. The Bertz CT molecular complexity index is 723. The molecule has 0 bridgehead atoms. The van der Waals surface area contributed by atoms with E-state index in [0.717, 1.165) is 14.4 Å². The Kier molecular flexibility index (Phi) is 3.98. The van der Waals surface area contributed by atoms with E-state index in [0.29, 0.717) is 16.3 Å². The molecule has 0 saturated carbocycles. The highest BCUT2D eigenvalue weighted by Crippen LogP contribution is 2.31. The minimum atomic E-state index is -3.57. The number of thiophene rings is 1. The van der Waals surface area contributed by atoms with Crippen molar-refractivity contribution in [1.29, 1.82) is 0 Å². The van der Waals surface area contributed by atoms with Crippen LogP contribution in [0.25, 0.3) is 0 Å². The van der Waals surface area contributed by atoms with Crippen molar-refractivity contribution in [3.63, 3.8) is 0 Å². The molecular formula is C12H13BrN2O2S2. The fraction of sp³-hybridized carbons (Fsp3) is 0.250. The Hall–Kier alpha value is -0.920. The zero-order valence-electron chi connectivity index (χ0n) is 10.7. The molecule has 2 rings (SSSR count). The first-order valence-corrected chi connectivity index (χ1v) is 8.62. The molecule has 0 saturated heterocycles. The number of sulfonamides is 1. The monoisotopic (exact) mass is 360 g/mol. The summed E-state index contributed by atoms with van der Waals surface area (Å²) in [5.74, 6) is 0. The lowest BCUT2D eigenvalue weighted by Gasteiger charge is -2.10. The smallest absolute Gasteiger partial charge is 0.263 e. The van der Waals surface area contributed by atoms with E-state index in [1.54, 1.807) is 32.0 Å². The number of hydrogen-bond acceptors (Lipinski definition) is 4. The van der Waals surface area contributed by atoms with Crippen LogP contribution in [0.5, 0.6) is 0 Å². The normalized spacial score (nSPS) is 11.6. The third kappa shape index (κ3) is 3.16.